The molecule has 0 atom stereocenters. The van der Waals surface area contributed by atoms with Gasteiger partial charge in [0.25, 0.3) is 0 Å². The first-order valence-electron chi connectivity index (χ1n) is 5.91. The van der Waals surface area contributed by atoms with Crippen molar-refractivity contribution in [3.8, 4) is 0 Å². The quantitative estimate of drug-likeness (QED) is 0.861. The normalized spacial score (nSPS) is 10.7. The average molecular weight is 246 g/mol. The van der Waals surface area contributed by atoms with Crippen LogP contribution in [0.15, 0.2) is 6.20 Å². The van der Waals surface area contributed by atoms with Crippen molar-refractivity contribution in [1.29, 1.82) is 0 Å². The Morgan fingerprint density at radius 1 is 1.33 bits per heavy atom. The van der Waals surface area contributed by atoms with Gasteiger partial charge in [-0.25, -0.2) is 9.97 Å². The molecule has 0 aliphatic rings. The van der Waals surface area contributed by atoms with Crippen LogP contribution in [0, 0.1) is 13.8 Å². The fourth-order valence-electron chi connectivity index (χ4n) is 1.71. The van der Waals surface area contributed by atoms with E-state index in [1.54, 1.807) is 4.68 Å². The maximum absolute atomic E-state index is 5.88. The van der Waals surface area contributed by atoms with Gasteiger partial charge in [0, 0.05) is 25.2 Å². The second-order valence-corrected chi connectivity index (χ2v) is 4.28. The highest BCUT2D eigenvalue weighted by Crippen LogP contribution is 2.23. The third-order valence-electron chi connectivity index (χ3n) is 2.81. The first-order chi connectivity index (χ1) is 8.51. The predicted octanol–water partition coefficient (Wildman–Crippen LogP) is 1.72. The number of hydrogen-bond donors (Lipinski definition) is 2. The fourth-order valence-corrected chi connectivity index (χ4v) is 1.71. The molecule has 3 N–H and O–H groups in total. The summed E-state index contributed by atoms with van der Waals surface area (Å²) in [7, 11) is 1.89. The van der Waals surface area contributed by atoms with E-state index in [-0.39, 0.29) is 0 Å². The van der Waals surface area contributed by atoms with Gasteiger partial charge in [-0.15, -0.1) is 0 Å². The molecule has 0 fully saturated rings. The summed E-state index contributed by atoms with van der Waals surface area (Å²) in [6.45, 7) is 5.86. The van der Waals surface area contributed by atoms with E-state index in [4.69, 9.17) is 5.73 Å². The Kier molecular flexibility index (Phi) is 3.18. The Labute approximate surface area is 106 Å². The number of nitrogens with two attached hydrogens (primary N) is 1. The number of aryl methyl sites for hydroxylation is 3. The molecule has 96 valence electrons. The molecule has 0 spiro atoms. The molecule has 2 aromatic rings. The van der Waals surface area contributed by atoms with Gasteiger partial charge in [-0.05, 0) is 13.8 Å². The number of nitrogens with one attached hydrogen (secondary N) is 1. The molecule has 18 heavy (non-hydrogen) atoms. The molecule has 0 radical (unpaired) electrons. The SMILES string of the molecule is CCc1nc(N)c(C)c(Nc2cn(C)nc2C)n1. The Balaban J connectivity index is 2.39. The summed E-state index contributed by atoms with van der Waals surface area (Å²) in [4.78, 5) is 8.68. The average Bonchev–Trinajstić information content (AvgIpc) is 2.63. The van der Waals surface area contributed by atoms with Gasteiger partial charge < -0.3 is 11.1 Å². The monoisotopic (exact) mass is 246 g/mol. The molecule has 0 saturated carbocycles. The number of nitrogens with zero attached hydrogens (tertiary/aromatic N) is 4. The second kappa shape index (κ2) is 4.64. The molecule has 0 aliphatic heterocycles. The Bertz CT molecular complexity index is 572. The van der Waals surface area contributed by atoms with Crippen LogP contribution in [-0.4, -0.2) is 19.7 Å². The molecule has 2 heterocycles. The first-order valence-corrected chi connectivity index (χ1v) is 5.91. The maximum atomic E-state index is 5.88. The van der Waals surface area contributed by atoms with Gasteiger partial charge in [-0.2, -0.15) is 5.10 Å². The molecular weight excluding hydrogens is 228 g/mol. The van der Waals surface area contributed by atoms with Crippen LogP contribution in [0.2, 0.25) is 0 Å². The molecule has 2 rings (SSSR count). The summed E-state index contributed by atoms with van der Waals surface area (Å²) in [5.74, 6) is 2.00. The molecule has 6 nitrogen and oxygen atoms in total. The lowest BCUT2D eigenvalue weighted by atomic mass is 10.3. The highest BCUT2D eigenvalue weighted by Gasteiger charge is 2.10. The minimum Gasteiger partial charge on any atom is -0.383 e. The van der Waals surface area contributed by atoms with Crippen LogP contribution in [0.4, 0.5) is 17.3 Å². The Hall–Kier alpha value is -2.11. The van der Waals surface area contributed by atoms with Gasteiger partial charge in [-0.3, -0.25) is 4.68 Å². The summed E-state index contributed by atoms with van der Waals surface area (Å²) < 4.78 is 1.76. The first kappa shape index (κ1) is 12.3. The summed E-state index contributed by atoms with van der Waals surface area (Å²) in [6, 6.07) is 0. The molecule has 0 unspecified atom stereocenters. The summed E-state index contributed by atoms with van der Waals surface area (Å²) >= 11 is 0. The molecule has 6 heteroatoms. The van der Waals surface area contributed by atoms with Crippen LogP contribution in [0.5, 0.6) is 0 Å². The van der Waals surface area contributed by atoms with Crippen LogP contribution < -0.4 is 11.1 Å². The second-order valence-electron chi connectivity index (χ2n) is 4.28. The number of nitrogen functional groups attached to an aromatic ring is 1. The molecule has 0 aliphatic carbocycles. The largest absolute Gasteiger partial charge is 0.383 e. The molecule has 0 amide bonds. The van der Waals surface area contributed by atoms with Gasteiger partial charge in [-0.1, -0.05) is 6.92 Å². The van der Waals surface area contributed by atoms with Crippen molar-refractivity contribution in [3.63, 3.8) is 0 Å². The molecule has 0 aromatic carbocycles. The van der Waals surface area contributed by atoms with Crippen molar-refractivity contribution in [2.24, 2.45) is 7.05 Å². The van der Waals surface area contributed by atoms with Gasteiger partial charge in [0.2, 0.25) is 0 Å². The summed E-state index contributed by atoms with van der Waals surface area (Å²) in [5, 5.41) is 7.54. The van der Waals surface area contributed by atoms with Crippen molar-refractivity contribution >= 4 is 17.3 Å². The van der Waals surface area contributed by atoms with Crippen LogP contribution in [0.25, 0.3) is 0 Å². The highest BCUT2D eigenvalue weighted by molar-refractivity contribution is 5.64. The van der Waals surface area contributed by atoms with Crippen molar-refractivity contribution in [2.75, 3.05) is 11.1 Å². The maximum Gasteiger partial charge on any atom is 0.139 e. The zero-order chi connectivity index (χ0) is 13.3. The van der Waals surface area contributed by atoms with Crippen molar-refractivity contribution < 1.29 is 0 Å². The zero-order valence-electron chi connectivity index (χ0n) is 11.2. The van der Waals surface area contributed by atoms with E-state index in [2.05, 4.69) is 20.4 Å². The van der Waals surface area contributed by atoms with Crippen LogP contribution in [-0.2, 0) is 13.5 Å². The third kappa shape index (κ3) is 2.27. The molecule has 2 aromatic heterocycles. The van der Waals surface area contributed by atoms with E-state index >= 15 is 0 Å². The predicted molar refractivity (Wildman–Crippen MR) is 71.8 cm³/mol. The summed E-state index contributed by atoms with van der Waals surface area (Å²) in [5.41, 5.74) is 8.59. The molecular formula is C12H18N6. The topological polar surface area (TPSA) is 81.6 Å². The van der Waals surface area contributed by atoms with E-state index in [0.717, 1.165) is 35.0 Å². The van der Waals surface area contributed by atoms with E-state index < -0.39 is 0 Å². The lowest BCUT2D eigenvalue weighted by Crippen LogP contribution is -2.06. The minimum atomic E-state index is 0.519. The molecule has 0 saturated heterocycles. The third-order valence-corrected chi connectivity index (χ3v) is 2.81. The van der Waals surface area contributed by atoms with Crippen molar-refractivity contribution in [3.05, 3.63) is 23.3 Å². The van der Waals surface area contributed by atoms with Gasteiger partial charge in [0.1, 0.15) is 17.5 Å². The number of rotatable bonds is 3. The lowest BCUT2D eigenvalue weighted by Gasteiger charge is -2.10. The highest BCUT2D eigenvalue weighted by atomic mass is 15.3. The zero-order valence-corrected chi connectivity index (χ0v) is 11.2. The Morgan fingerprint density at radius 2 is 2.06 bits per heavy atom. The van der Waals surface area contributed by atoms with Crippen molar-refractivity contribution in [1.82, 2.24) is 19.7 Å². The van der Waals surface area contributed by atoms with Crippen molar-refractivity contribution in [2.45, 2.75) is 27.2 Å². The van der Waals surface area contributed by atoms with Gasteiger partial charge >= 0.3 is 0 Å². The van der Waals surface area contributed by atoms with Crippen LogP contribution >= 0.6 is 0 Å². The smallest absolute Gasteiger partial charge is 0.139 e. The molecule has 0 bridgehead atoms. The van der Waals surface area contributed by atoms with E-state index in [0.29, 0.717) is 5.82 Å². The van der Waals surface area contributed by atoms with E-state index in [9.17, 15) is 0 Å². The van der Waals surface area contributed by atoms with E-state index in [1.165, 1.54) is 0 Å². The Morgan fingerprint density at radius 3 is 2.61 bits per heavy atom. The summed E-state index contributed by atoms with van der Waals surface area (Å²) in [6.07, 6.45) is 2.67. The standard InChI is InChI=1S/C12H18N6/c1-5-10-15-11(13)7(2)12(16-10)14-9-6-18(4)17-8(9)3/h6H,5H2,1-4H3,(H3,13,14,15,16). The van der Waals surface area contributed by atoms with Gasteiger partial charge in [0.05, 0.1) is 11.4 Å². The van der Waals surface area contributed by atoms with Crippen LogP contribution in [0.3, 0.4) is 0 Å². The lowest BCUT2D eigenvalue weighted by molar-refractivity contribution is 0.756. The number of hydrogen-bond acceptors (Lipinski definition) is 5. The van der Waals surface area contributed by atoms with E-state index in [1.807, 2.05) is 34.0 Å². The van der Waals surface area contributed by atoms with Crippen LogP contribution in [0.1, 0.15) is 24.0 Å². The number of anilines is 3. The minimum absolute atomic E-state index is 0.519. The fraction of sp³-hybridized carbons (Fsp3) is 0.417. The van der Waals surface area contributed by atoms with Gasteiger partial charge in [0.15, 0.2) is 0 Å². The number of aromatic nitrogens is 4.